The van der Waals surface area contributed by atoms with Crippen LogP contribution >= 0.6 is 0 Å². The van der Waals surface area contributed by atoms with Crippen molar-refractivity contribution in [3.8, 4) is 5.75 Å². The third-order valence-corrected chi connectivity index (χ3v) is 6.05. The molecule has 0 aromatic heterocycles. The Bertz CT molecular complexity index is 918. The van der Waals surface area contributed by atoms with Crippen molar-refractivity contribution < 1.29 is 14.3 Å². The lowest BCUT2D eigenvalue weighted by molar-refractivity contribution is -0.121. The maximum atomic E-state index is 12.7. The Morgan fingerprint density at radius 3 is 2.50 bits per heavy atom. The van der Waals surface area contributed by atoms with Crippen molar-refractivity contribution in [3.05, 3.63) is 59.2 Å². The molecule has 1 fully saturated rings. The van der Waals surface area contributed by atoms with E-state index in [0.717, 1.165) is 57.2 Å². The number of fused-ring (bicyclic) bond motifs is 1. The summed E-state index contributed by atoms with van der Waals surface area (Å²) in [4.78, 5) is 28.7. The predicted octanol–water partition coefficient (Wildman–Crippen LogP) is 2.97. The van der Waals surface area contributed by atoms with Crippen LogP contribution < -0.4 is 10.1 Å². The highest BCUT2D eigenvalue weighted by Crippen LogP contribution is 2.26. The first-order valence-corrected chi connectivity index (χ1v) is 10.6. The van der Waals surface area contributed by atoms with E-state index in [9.17, 15) is 9.59 Å². The third kappa shape index (κ3) is 4.71. The van der Waals surface area contributed by atoms with Gasteiger partial charge in [0.1, 0.15) is 5.75 Å². The number of amides is 1. The molecular weight excluding hydrogens is 378 g/mol. The van der Waals surface area contributed by atoms with Gasteiger partial charge < -0.3 is 10.1 Å². The van der Waals surface area contributed by atoms with Crippen LogP contribution in [0.4, 0.5) is 5.69 Å². The molecule has 2 aliphatic heterocycles. The largest absolute Gasteiger partial charge is 0.493 e. The van der Waals surface area contributed by atoms with E-state index < -0.39 is 0 Å². The van der Waals surface area contributed by atoms with Crippen LogP contribution in [0.1, 0.15) is 35.3 Å². The van der Waals surface area contributed by atoms with E-state index in [2.05, 4.69) is 33.3 Å². The minimum absolute atomic E-state index is 0.0161. The first-order chi connectivity index (χ1) is 14.5. The maximum Gasteiger partial charge on any atom is 0.241 e. The van der Waals surface area contributed by atoms with Crippen molar-refractivity contribution >= 4 is 17.4 Å². The van der Waals surface area contributed by atoms with Crippen LogP contribution in [0.3, 0.4) is 0 Å². The molecule has 0 unspecified atom stereocenters. The number of ketones is 1. The molecule has 30 heavy (non-hydrogen) atoms. The molecule has 0 bridgehead atoms. The molecule has 6 heteroatoms. The van der Waals surface area contributed by atoms with Crippen LogP contribution in [0.2, 0.25) is 0 Å². The number of Topliss-reactive ketones (excluding diaryl/α,β-unsaturated/α-hetero) is 1. The Balaban J connectivity index is 1.26. The molecule has 2 aromatic rings. The van der Waals surface area contributed by atoms with Gasteiger partial charge in [-0.05, 0) is 55.3 Å². The maximum absolute atomic E-state index is 12.7. The van der Waals surface area contributed by atoms with Crippen molar-refractivity contribution in [2.45, 2.75) is 32.9 Å². The summed E-state index contributed by atoms with van der Waals surface area (Å²) in [6, 6.07) is 13.4. The molecule has 0 saturated carbocycles. The quantitative estimate of drug-likeness (QED) is 0.746. The second-order valence-corrected chi connectivity index (χ2v) is 8.15. The van der Waals surface area contributed by atoms with Gasteiger partial charge in [-0.25, -0.2) is 0 Å². The molecule has 4 rings (SSSR count). The van der Waals surface area contributed by atoms with Gasteiger partial charge in [-0.1, -0.05) is 12.1 Å². The highest BCUT2D eigenvalue weighted by Gasteiger charge is 2.26. The van der Waals surface area contributed by atoms with Gasteiger partial charge in [0.05, 0.1) is 12.6 Å². The fourth-order valence-corrected chi connectivity index (χ4v) is 4.11. The summed E-state index contributed by atoms with van der Waals surface area (Å²) in [7, 11) is 0. The van der Waals surface area contributed by atoms with E-state index >= 15 is 0 Å². The fraction of sp³-hybridized carbons (Fsp3) is 0.417. The fourth-order valence-electron chi connectivity index (χ4n) is 4.11. The number of carbonyl (C=O) groups is 2. The van der Waals surface area contributed by atoms with Crippen LogP contribution in [0.25, 0.3) is 0 Å². The third-order valence-electron chi connectivity index (χ3n) is 6.05. The zero-order valence-corrected chi connectivity index (χ0v) is 17.7. The van der Waals surface area contributed by atoms with Gasteiger partial charge in [0, 0.05) is 50.4 Å². The molecule has 1 N–H and O–H groups in total. The summed E-state index contributed by atoms with van der Waals surface area (Å²) >= 11 is 0. The Labute approximate surface area is 177 Å². The summed E-state index contributed by atoms with van der Waals surface area (Å²) in [5, 5.41) is 2.96. The van der Waals surface area contributed by atoms with Crippen LogP contribution in [-0.4, -0.2) is 60.3 Å². The molecule has 158 valence electrons. The van der Waals surface area contributed by atoms with E-state index in [1.165, 1.54) is 18.1 Å². The molecule has 0 radical (unpaired) electrons. The van der Waals surface area contributed by atoms with E-state index in [-0.39, 0.29) is 17.7 Å². The van der Waals surface area contributed by atoms with Gasteiger partial charge in [0.15, 0.2) is 5.78 Å². The molecular formula is C24H29N3O3. The number of carbonyl (C=O) groups excluding carboxylic acids is 2. The molecule has 0 aliphatic carbocycles. The van der Waals surface area contributed by atoms with E-state index in [1.54, 1.807) is 24.3 Å². The lowest BCUT2D eigenvalue weighted by atomic mass is 10.1. The Morgan fingerprint density at radius 1 is 1.07 bits per heavy atom. The molecule has 2 heterocycles. The second-order valence-electron chi connectivity index (χ2n) is 8.15. The summed E-state index contributed by atoms with van der Waals surface area (Å²) in [6.07, 6.45) is 1.00. The minimum atomic E-state index is -0.197. The summed E-state index contributed by atoms with van der Waals surface area (Å²) in [6.45, 7) is 8.83. The van der Waals surface area contributed by atoms with Crippen LogP contribution in [0.15, 0.2) is 42.5 Å². The number of rotatable bonds is 6. The molecule has 1 saturated heterocycles. The number of hydrogen-bond acceptors (Lipinski definition) is 5. The topological polar surface area (TPSA) is 61.9 Å². The van der Waals surface area contributed by atoms with Gasteiger partial charge in [-0.15, -0.1) is 0 Å². The van der Waals surface area contributed by atoms with Crippen molar-refractivity contribution in [1.29, 1.82) is 0 Å². The van der Waals surface area contributed by atoms with Gasteiger partial charge >= 0.3 is 0 Å². The first kappa shape index (κ1) is 20.6. The number of nitrogens with zero attached hydrogens (tertiary/aromatic N) is 2. The second kappa shape index (κ2) is 8.98. The lowest BCUT2D eigenvalue weighted by Crippen LogP contribution is -2.52. The van der Waals surface area contributed by atoms with Gasteiger partial charge in [0.2, 0.25) is 5.91 Å². The molecule has 0 spiro atoms. The molecule has 6 nitrogen and oxygen atoms in total. The van der Waals surface area contributed by atoms with Crippen molar-refractivity contribution in [1.82, 2.24) is 9.80 Å². The van der Waals surface area contributed by atoms with Gasteiger partial charge in [0.25, 0.3) is 0 Å². The van der Waals surface area contributed by atoms with Crippen LogP contribution in [-0.2, 0) is 17.8 Å². The van der Waals surface area contributed by atoms with Crippen molar-refractivity contribution in [2.24, 2.45) is 0 Å². The van der Waals surface area contributed by atoms with Crippen LogP contribution in [0, 0.1) is 0 Å². The Morgan fingerprint density at radius 2 is 1.80 bits per heavy atom. The number of nitrogens with one attached hydrogen (secondary N) is 1. The van der Waals surface area contributed by atoms with Crippen molar-refractivity contribution in [2.75, 3.05) is 38.1 Å². The molecule has 1 amide bonds. The Kier molecular flexibility index (Phi) is 6.16. The zero-order valence-electron chi connectivity index (χ0n) is 17.7. The summed E-state index contributed by atoms with van der Waals surface area (Å²) < 4.78 is 5.59. The average Bonchev–Trinajstić information content (AvgIpc) is 3.22. The first-order valence-electron chi connectivity index (χ1n) is 10.6. The molecule has 2 aliphatic rings. The number of ether oxygens (including phenoxy) is 1. The smallest absolute Gasteiger partial charge is 0.241 e. The van der Waals surface area contributed by atoms with Crippen molar-refractivity contribution in [3.63, 3.8) is 0 Å². The minimum Gasteiger partial charge on any atom is -0.493 e. The standard InChI is InChI=1S/C24H29N3O3/c1-17(24(29)25-22-6-4-20(5-7-22)18(2)28)27-12-10-26(11-13-27)16-19-3-8-23-21(15-19)9-14-30-23/h3-8,15,17H,9-14,16H2,1-2H3,(H,25,29)/t17-/m0/s1. The van der Waals surface area contributed by atoms with E-state index in [1.807, 2.05) is 6.92 Å². The SMILES string of the molecule is CC(=O)c1ccc(NC(=O)[C@H](C)N2CCN(Cc3ccc4c(c3)CCO4)CC2)cc1. The average molecular weight is 408 g/mol. The number of piperazine rings is 1. The number of hydrogen-bond donors (Lipinski definition) is 1. The number of anilines is 1. The number of benzene rings is 2. The molecule has 2 aromatic carbocycles. The van der Waals surface area contributed by atoms with Gasteiger partial charge in [-0.2, -0.15) is 0 Å². The monoisotopic (exact) mass is 407 g/mol. The highest BCUT2D eigenvalue weighted by atomic mass is 16.5. The predicted molar refractivity (Wildman–Crippen MR) is 117 cm³/mol. The zero-order chi connectivity index (χ0) is 21.1. The van der Waals surface area contributed by atoms with Gasteiger partial charge in [-0.3, -0.25) is 19.4 Å². The van der Waals surface area contributed by atoms with Crippen LogP contribution in [0.5, 0.6) is 5.75 Å². The van der Waals surface area contributed by atoms with E-state index in [0.29, 0.717) is 5.56 Å². The molecule has 1 atom stereocenters. The Hall–Kier alpha value is -2.70. The summed E-state index contributed by atoms with van der Waals surface area (Å²) in [5.74, 6) is 1.03. The van der Waals surface area contributed by atoms with E-state index in [4.69, 9.17) is 4.74 Å². The normalized spacial score (nSPS) is 17.8. The lowest BCUT2D eigenvalue weighted by Gasteiger charge is -2.37. The summed E-state index contributed by atoms with van der Waals surface area (Å²) in [5.41, 5.74) is 4.00. The highest BCUT2D eigenvalue weighted by molar-refractivity contribution is 5.97.